The average Bonchev–Trinajstić information content (AvgIpc) is 3.66. The zero-order valence-electron chi connectivity index (χ0n) is 27.3. The molecule has 10 nitrogen and oxygen atoms in total. The molecule has 1 saturated heterocycles. The van der Waals surface area contributed by atoms with Crippen molar-refractivity contribution in [3.8, 4) is 6.07 Å². The van der Waals surface area contributed by atoms with Gasteiger partial charge in [0.05, 0.1) is 17.4 Å². The van der Waals surface area contributed by atoms with E-state index < -0.39 is 18.2 Å². The van der Waals surface area contributed by atoms with Gasteiger partial charge in [-0.1, -0.05) is 12.6 Å². The summed E-state index contributed by atoms with van der Waals surface area (Å²) in [4.78, 5) is 27.6. The number of aromatic nitrogens is 4. The van der Waals surface area contributed by atoms with Crippen molar-refractivity contribution in [3.05, 3.63) is 88.8 Å². The molecule has 5 heterocycles. The van der Waals surface area contributed by atoms with Crippen molar-refractivity contribution in [3.63, 3.8) is 0 Å². The Labute approximate surface area is 290 Å². The molecule has 1 saturated carbocycles. The van der Waals surface area contributed by atoms with Crippen molar-refractivity contribution in [2.24, 2.45) is 0 Å². The van der Waals surface area contributed by atoms with Gasteiger partial charge in [-0.15, -0.1) is 11.3 Å². The Morgan fingerprint density at radius 2 is 1.94 bits per heavy atom. The number of aliphatic hydroxyl groups is 1. The number of amides is 1. The summed E-state index contributed by atoms with van der Waals surface area (Å²) in [5, 5.41) is 29.3. The Balaban J connectivity index is 1.01. The first-order valence-corrected chi connectivity index (χ1v) is 17.2. The number of likely N-dealkylation sites (tertiary alicyclic amines) is 1. The second kappa shape index (κ2) is 13.1. The molecule has 2 aliphatic rings. The molecule has 0 bridgehead atoms. The third kappa shape index (κ3) is 6.68. The number of halogens is 3. The summed E-state index contributed by atoms with van der Waals surface area (Å²) in [6, 6.07) is 13.5. The quantitative estimate of drug-likeness (QED) is 0.144. The molecule has 14 heteroatoms. The van der Waals surface area contributed by atoms with Crippen LogP contribution in [0, 0.1) is 18.3 Å². The SMILES string of the molecule is C=CC(=O)Nc1cc(C2(O)CC(n3c(C#N)cc4c(C)c(CN5CCC(Nc6ncnc7sc(CC(F)(F)F)cc67)CC5)ccc43)C2)ccn1. The molecule has 4 aromatic heterocycles. The summed E-state index contributed by atoms with van der Waals surface area (Å²) >= 11 is 1.05. The molecule has 1 amide bonds. The summed E-state index contributed by atoms with van der Waals surface area (Å²) in [6.07, 6.45) is 1.39. The Morgan fingerprint density at radius 1 is 1.16 bits per heavy atom. The number of thiophene rings is 1. The lowest BCUT2D eigenvalue weighted by Gasteiger charge is -2.45. The van der Waals surface area contributed by atoms with Crippen molar-refractivity contribution in [1.82, 2.24) is 24.4 Å². The van der Waals surface area contributed by atoms with Crippen LogP contribution in [0.2, 0.25) is 0 Å². The highest BCUT2D eigenvalue weighted by Crippen LogP contribution is 2.50. The van der Waals surface area contributed by atoms with Gasteiger partial charge in [0.2, 0.25) is 5.91 Å². The lowest BCUT2D eigenvalue weighted by Crippen LogP contribution is -2.42. The molecule has 0 spiro atoms. The number of hydrogen-bond donors (Lipinski definition) is 3. The van der Waals surface area contributed by atoms with Crippen molar-refractivity contribution >= 4 is 50.0 Å². The summed E-state index contributed by atoms with van der Waals surface area (Å²) in [5.74, 6) is 0.528. The van der Waals surface area contributed by atoms with E-state index >= 15 is 0 Å². The number of fused-ring (bicyclic) bond motifs is 2. The maximum atomic E-state index is 13.0. The van der Waals surface area contributed by atoms with Crippen LogP contribution in [-0.4, -0.2) is 60.7 Å². The normalized spacial score (nSPS) is 20.0. The minimum atomic E-state index is -4.27. The number of benzene rings is 1. The number of alkyl halides is 3. The lowest BCUT2D eigenvalue weighted by molar-refractivity contribution is -0.126. The smallest absolute Gasteiger partial charge is 0.385 e. The molecule has 50 heavy (non-hydrogen) atoms. The molecule has 1 aromatic carbocycles. The van der Waals surface area contributed by atoms with E-state index in [1.165, 1.54) is 11.9 Å². The second-order valence-electron chi connectivity index (χ2n) is 13.2. The van der Waals surface area contributed by atoms with E-state index in [4.69, 9.17) is 0 Å². The molecule has 0 unspecified atom stereocenters. The highest BCUT2D eigenvalue weighted by molar-refractivity contribution is 7.18. The minimum Gasteiger partial charge on any atom is -0.385 e. The Kier molecular flexibility index (Phi) is 8.83. The summed E-state index contributed by atoms with van der Waals surface area (Å²) < 4.78 is 40.9. The maximum Gasteiger partial charge on any atom is 0.393 e. The predicted molar refractivity (Wildman–Crippen MR) is 186 cm³/mol. The van der Waals surface area contributed by atoms with Crippen LogP contribution in [0.1, 0.15) is 59.0 Å². The zero-order chi connectivity index (χ0) is 35.2. The van der Waals surface area contributed by atoms with E-state index in [0.717, 1.165) is 66.4 Å². The molecular formula is C36H35F3N8O2S. The molecule has 0 atom stereocenters. The van der Waals surface area contributed by atoms with Gasteiger partial charge in [-0.3, -0.25) is 9.69 Å². The van der Waals surface area contributed by atoms with Crippen LogP contribution in [0.5, 0.6) is 0 Å². The van der Waals surface area contributed by atoms with Crippen molar-refractivity contribution in [2.45, 2.75) is 69.4 Å². The fourth-order valence-electron chi connectivity index (χ4n) is 7.22. The number of nitrogens with zero attached hydrogens (tertiary/aromatic N) is 6. The van der Waals surface area contributed by atoms with Gasteiger partial charge in [-0.2, -0.15) is 18.4 Å². The molecule has 1 aliphatic heterocycles. The fraction of sp³-hybridized carbons (Fsp3) is 0.361. The standard InChI is InChI=1S/C36H35F3N8O2S/c1-3-32(48)45-31-12-23(6-9-41-31)35(49)15-26(16-35)47-25(18-40)13-28-21(2)22(4-5-30(28)47)19-46-10-7-24(8-11-46)44-33-29-14-27(17-36(37,38)39)50-34(29)43-20-42-33/h3-6,9,12-14,20,24,26,49H,1,7-8,10-11,15-17,19H2,2H3,(H,41,45,48)(H,42,43,44). The van der Waals surface area contributed by atoms with Crippen LogP contribution in [0.4, 0.5) is 24.8 Å². The van der Waals surface area contributed by atoms with Gasteiger partial charge < -0.3 is 20.3 Å². The number of nitrogens with one attached hydrogen (secondary N) is 2. The third-order valence-corrected chi connectivity index (χ3v) is 10.9. The van der Waals surface area contributed by atoms with E-state index in [1.54, 1.807) is 24.4 Å². The number of hydrogen-bond acceptors (Lipinski definition) is 9. The first kappa shape index (κ1) is 33.6. The number of anilines is 2. The summed E-state index contributed by atoms with van der Waals surface area (Å²) in [5.41, 5.74) is 3.33. The number of carbonyl (C=O) groups excluding carboxylic acids is 1. The molecule has 258 valence electrons. The van der Waals surface area contributed by atoms with E-state index in [2.05, 4.69) is 62.2 Å². The van der Waals surface area contributed by atoms with Gasteiger partial charge in [-0.25, -0.2) is 15.0 Å². The number of rotatable bonds is 9. The highest BCUT2D eigenvalue weighted by atomic mass is 32.1. The van der Waals surface area contributed by atoms with Crippen LogP contribution < -0.4 is 10.6 Å². The van der Waals surface area contributed by atoms with E-state index in [0.29, 0.717) is 46.0 Å². The number of piperidine rings is 1. The number of pyridine rings is 1. The first-order chi connectivity index (χ1) is 23.9. The fourth-order valence-corrected chi connectivity index (χ4v) is 8.24. The van der Waals surface area contributed by atoms with E-state index in [1.807, 2.05) is 10.6 Å². The average molecular weight is 701 g/mol. The molecule has 5 aromatic rings. The van der Waals surface area contributed by atoms with Gasteiger partial charge in [0.15, 0.2) is 0 Å². The molecule has 2 fully saturated rings. The second-order valence-corrected chi connectivity index (χ2v) is 14.3. The van der Waals surface area contributed by atoms with E-state index in [9.17, 15) is 28.3 Å². The Hall–Kier alpha value is -4.84. The monoisotopic (exact) mass is 700 g/mol. The highest BCUT2D eigenvalue weighted by Gasteiger charge is 2.46. The van der Waals surface area contributed by atoms with Gasteiger partial charge in [-0.05, 0) is 72.9 Å². The molecule has 7 rings (SSSR count). The van der Waals surface area contributed by atoms with Crippen LogP contribution in [-0.2, 0) is 23.4 Å². The number of aryl methyl sites for hydroxylation is 1. The zero-order valence-corrected chi connectivity index (χ0v) is 28.1. The molecule has 3 N–H and O–H groups in total. The first-order valence-electron chi connectivity index (χ1n) is 16.4. The van der Waals surface area contributed by atoms with Gasteiger partial charge in [0.25, 0.3) is 0 Å². The van der Waals surface area contributed by atoms with Gasteiger partial charge in [0, 0.05) is 66.5 Å². The Bertz CT molecular complexity index is 2140. The Morgan fingerprint density at radius 3 is 2.66 bits per heavy atom. The van der Waals surface area contributed by atoms with Crippen molar-refractivity contribution in [1.29, 1.82) is 5.26 Å². The number of nitriles is 1. The van der Waals surface area contributed by atoms with Gasteiger partial charge >= 0.3 is 6.18 Å². The predicted octanol–water partition coefficient (Wildman–Crippen LogP) is 6.75. The molecular weight excluding hydrogens is 666 g/mol. The number of carbonyl (C=O) groups is 1. The van der Waals surface area contributed by atoms with Crippen LogP contribution in [0.15, 0.2) is 61.6 Å². The van der Waals surface area contributed by atoms with Crippen LogP contribution in [0.25, 0.3) is 21.1 Å². The summed E-state index contributed by atoms with van der Waals surface area (Å²) in [6.45, 7) is 7.97. The third-order valence-electron chi connectivity index (χ3n) is 9.84. The van der Waals surface area contributed by atoms with Gasteiger partial charge in [0.1, 0.15) is 34.6 Å². The maximum absolute atomic E-state index is 13.0. The van der Waals surface area contributed by atoms with Crippen molar-refractivity contribution < 1.29 is 23.1 Å². The van der Waals surface area contributed by atoms with Crippen LogP contribution in [0.3, 0.4) is 0 Å². The summed E-state index contributed by atoms with van der Waals surface area (Å²) in [7, 11) is 0. The largest absolute Gasteiger partial charge is 0.393 e. The lowest BCUT2D eigenvalue weighted by atomic mass is 9.71. The minimum absolute atomic E-state index is 0.0789. The molecule has 1 aliphatic carbocycles. The molecule has 0 radical (unpaired) electrons. The van der Waals surface area contributed by atoms with E-state index in [-0.39, 0.29) is 22.9 Å². The van der Waals surface area contributed by atoms with Crippen molar-refractivity contribution in [2.75, 3.05) is 23.7 Å². The van der Waals surface area contributed by atoms with Crippen LogP contribution >= 0.6 is 11.3 Å². The topological polar surface area (TPSA) is 132 Å².